The number of nitrogens with one attached hydrogen (secondary N) is 1. The van der Waals surface area contributed by atoms with Crippen LogP contribution in [0.3, 0.4) is 0 Å². The summed E-state index contributed by atoms with van der Waals surface area (Å²) in [5, 5.41) is 3.44. The van der Waals surface area contributed by atoms with Crippen molar-refractivity contribution in [2.75, 3.05) is 19.8 Å². The Morgan fingerprint density at radius 3 is 3.11 bits per heavy atom. The van der Waals surface area contributed by atoms with Gasteiger partial charge >= 0.3 is 0 Å². The van der Waals surface area contributed by atoms with Gasteiger partial charge in [-0.05, 0) is 38.9 Å². The molecule has 0 aliphatic rings. The van der Waals surface area contributed by atoms with E-state index in [2.05, 4.69) is 27.8 Å². The Morgan fingerprint density at radius 1 is 1.39 bits per heavy atom. The summed E-state index contributed by atoms with van der Waals surface area (Å²) in [7, 11) is 0. The van der Waals surface area contributed by atoms with E-state index in [1.807, 2.05) is 25.1 Å². The summed E-state index contributed by atoms with van der Waals surface area (Å²) in [6.07, 6.45) is 3.11. The maximum absolute atomic E-state index is 5.31. The number of pyridine rings is 1. The van der Waals surface area contributed by atoms with Crippen molar-refractivity contribution < 1.29 is 4.74 Å². The quantitative estimate of drug-likeness (QED) is 0.762. The van der Waals surface area contributed by atoms with Crippen molar-refractivity contribution in [1.29, 1.82) is 0 Å². The Balaban J connectivity index is 1.89. The van der Waals surface area contributed by atoms with E-state index in [1.165, 1.54) is 5.69 Å². The van der Waals surface area contributed by atoms with E-state index >= 15 is 0 Å². The number of hydrogen-bond acceptors (Lipinski definition) is 3. The molecule has 0 radical (unpaired) electrons. The van der Waals surface area contributed by atoms with E-state index in [4.69, 9.17) is 4.74 Å². The Kier molecular flexibility index (Phi) is 4.73. The van der Waals surface area contributed by atoms with Gasteiger partial charge in [-0.3, -0.25) is 0 Å². The average Bonchev–Trinajstić information content (AvgIpc) is 2.70. The lowest BCUT2D eigenvalue weighted by molar-refractivity contribution is 0.144. The molecule has 2 rings (SSSR count). The van der Waals surface area contributed by atoms with Crippen LogP contribution in [0.5, 0.6) is 0 Å². The fourth-order valence-corrected chi connectivity index (χ4v) is 2.03. The molecule has 18 heavy (non-hydrogen) atoms. The van der Waals surface area contributed by atoms with E-state index in [1.54, 1.807) is 0 Å². The van der Waals surface area contributed by atoms with Gasteiger partial charge in [-0.15, -0.1) is 0 Å². The van der Waals surface area contributed by atoms with Crippen LogP contribution in [-0.4, -0.2) is 29.1 Å². The van der Waals surface area contributed by atoms with Crippen molar-refractivity contribution in [2.24, 2.45) is 0 Å². The Bertz CT molecular complexity index is 493. The number of aryl methyl sites for hydroxylation is 1. The molecule has 0 atom stereocenters. The molecule has 4 nitrogen and oxygen atoms in total. The first-order chi connectivity index (χ1) is 8.83. The molecular formula is C14H21N3O. The zero-order chi connectivity index (χ0) is 12.8. The largest absolute Gasteiger partial charge is 0.382 e. The van der Waals surface area contributed by atoms with Gasteiger partial charge < -0.3 is 14.5 Å². The zero-order valence-corrected chi connectivity index (χ0v) is 11.1. The number of nitrogens with zero attached hydrogens (tertiary/aromatic N) is 2. The molecule has 4 heteroatoms. The van der Waals surface area contributed by atoms with Crippen molar-refractivity contribution in [3.05, 3.63) is 35.8 Å². The highest BCUT2D eigenvalue weighted by Gasteiger charge is 2.06. The second kappa shape index (κ2) is 6.52. The second-order valence-electron chi connectivity index (χ2n) is 4.30. The molecule has 0 aliphatic carbocycles. The lowest BCUT2D eigenvalue weighted by atomic mass is 10.3. The van der Waals surface area contributed by atoms with Gasteiger partial charge in [0, 0.05) is 26.0 Å². The van der Waals surface area contributed by atoms with E-state index in [9.17, 15) is 0 Å². The van der Waals surface area contributed by atoms with Crippen LogP contribution in [0, 0.1) is 6.92 Å². The summed E-state index contributed by atoms with van der Waals surface area (Å²) in [5.74, 6) is 0. The maximum atomic E-state index is 5.31. The number of ether oxygens (including phenoxy) is 1. The molecule has 98 valence electrons. The number of rotatable bonds is 7. The highest BCUT2D eigenvalue weighted by Crippen LogP contribution is 2.11. The van der Waals surface area contributed by atoms with Gasteiger partial charge in [0.25, 0.3) is 0 Å². The zero-order valence-electron chi connectivity index (χ0n) is 11.1. The molecule has 2 aromatic heterocycles. The molecular weight excluding hydrogens is 226 g/mol. The van der Waals surface area contributed by atoms with Crippen LogP contribution in [0.2, 0.25) is 0 Å². The second-order valence-corrected chi connectivity index (χ2v) is 4.30. The van der Waals surface area contributed by atoms with Gasteiger partial charge in [0.15, 0.2) is 0 Å². The topological polar surface area (TPSA) is 38.6 Å². The van der Waals surface area contributed by atoms with Crippen LogP contribution < -0.4 is 5.32 Å². The summed E-state index contributed by atoms with van der Waals surface area (Å²) in [5.41, 5.74) is 3.35. The molecule has 0 spiro atoms. The molecule has 0 amide bonds. The molecule has 0 aliphatic heterocycles. The predicted molar refractivity (Wildman–Crippen MR) is 72.7 cm³/mol. The van der Waals surface area contributed by atoms with Gasteiger partial charge in [0.05, 0.1) is 11.4 Å². The summed E-state index contributed by atoms with van der Waals surface area (Å²) >= 11 is 0. The fourth-order valence-electron chi connectivity index (χ4n) is 2.03. The van der Waals surface area contributed by atoms with E-state index in [0.29, 0.717) is 0 Å². The van der Waals surface area contributed by atoms with Gasteiger partial charge in [-0.1, -0.05) is 6.07 Å². The predicted octanol–water partition coefficient (Wildman–Crippen LogP) is 2.16. The van der Waals surface area contributed by atoms with Crippen molar-refractivity contribution in [1.82, 2.24) is 14.7 Å². The molecule has 0 unspecified atom stereocenters. The minimum Gasteiger partial charge on any atom is -0.382 e. The number of aromatic nitrogens is 2. The molecule has 2 aromatic rings. The minimum absolute atomic E-state index is 0.798. The number of fused-ring (bicyclic) bond motifs is 1. The highest BCUT2D eigenvalue weighted by molar-refractivity contribution is 5.42. The lowest BCUT2D eigenvalue weighted by Gasteiger charge is -2.06. The van der Waals surface area contributed by atoms with Crippen LogP contribution in [0.25, 0.3) is 5.65 Å². The Morgan fingerprint density at radius 2 is 2.28 bits per heavy atom. The third-order valence-electron chi connectivity index (χ3n) is 2.97. The Labute approximate surface area is 108 Å². The van der Waals surface area contributed by atoms with E-state index < -0.39 is 0 Å². The third kappa shape index (κ3) is 3.09. The van der Waals surface area contributed by atoms with Crippen LogP contribution >= 0.6 is 0 Å². The molecule has 0 saturated heterocycles. The standard InChI is InChI=1S/C14H21N3O/c1-3-18-10-6-8-15-11-13-12(2)16-14-7-4-5-9-17(13)14/h4-5,7,9,15H,3,6,8,10-11H2,1-2H3. The molecule has 0 aromatic carbocycles. The summed E-state index contributed by atoms with van der Waals surface area (Å²) in [4.78, 5) is 4.54. The summed E-state index contributed by atoms with van der Waals surface area (Å²) in [6.45, 7) is 7.53. The number of hydrogen-bond donors (Lipinski definition) is 1. The van der Waals surface area contributed by atoms with Gasteiger partial charge in [-0.25, -0.2) is 4.98 Å². The minimum atomic E-state index is 0.798. The number of imidazole rings is 1. The molecule has 2 heterocycles. The molecule has 0 bridgehead atoms. The first-order valence-corrected chi connectivity index (χ1v) is 6.54. The first-order valence-electron chi connectivity index (χ1n) is 6.54. The van der Waals surface area contributed by atoms with Crippen LogP contribution in [0.15, 0.2) is 24.4 Å². The van der Waals surface area contributed by atoms with Crippen molar-refractivity contribution in [2.45, 2.75) is 26.8 Å². The normalized spacial score (nSPS) is 11.2. The molecule has 0 fully saturated rings. The van der Waals surface area contributed by atoms with Crippen molar-refractivity contribution in [3.8, 4) is 0 Å². The van der Waals surface area contributed by atoms with Crippen LogP contribution in [-0.2, 0) is 11.3 Å². The van der Waals surface area contributed by atoms with Gasteiger partial charge in [-0.2, -0.15) is 0 Å². The third-order valence-corrected chi connectivity index (χ3v) is 2.97. The Hall–Kier alpha value is -1.39. The average molecular weight is 247 g/mol. The lowest BCUT2D eigenvalue weighted by Crippen LogP contribution is -2.18. The smallest absolute Gasteiger partial charge is 0.137 e. The van der Waals surface area contributed by atoms with Crippen molar-refractivity contribution in [3.63, 3.8) is 0 Å². The fraction of sp³-hybridized carbons (Fsp3) is 0.500. The highest BCUT2D eigenvalue weighted by atomic mass is 16.5. The summed E-state index contributed by atoms with van der Waals surface area (Å²) < 4.78 is 7.45. The van der Waals surface area contributed by atoms with Crippen LogP contribution in [0.1, 0.15) is 24.7 Å². The SMILES string of the molecule is CCOCCCNCc1c(C)nc2ccccn12. The molecule has 0 saturated carbocycles. The first kappa shape index (κ1) is 13.1. The summed E-state index contributed by atoms with van der Waals surface area (Å²) in [6, 6.07) is 6.08. The van der Waals surface area contributed by atoms with Gasteiger partial charge in [0.1, 0.15) is 5.65 Å². The van der Waals surface area contributed by atoms with E-state index in [-0.39, 0.29) is 0 Å². The van der Waals surface area contributed by atoms with Gasteiger partial charge in [0.2, 0.25) is 0 Å². The van der Waals surface area contributed by atoms with Crippen molar-refractivity contribution >= 4 is 5.65 Å². The van der Waals surface area contributed by atoms with E-state index in [0.717, 1.165) is 44.1 Å². The monoisotopic (exact) mass is 247 g/mol. The maximum Gasteiger partial charge on any atom is 0.137 e. The van der Waals surface area contributed by atoms with Crippen LogP contribution in [0.4, 0.5) is 0 Å². The molecule has 1 N–H and O–H groups in total.